The third-order valence-electron chi connectivity index (χ3n) is 3.65. The monoisotopic (exact) mass is 364 g/mol. The average molecular weight is 365 g/mol. The van der Waals surface area contributed by atoms with E-state index in [9.17, 15) is 4.79 Å². The predicted molar refractivity (Wildman–Crippen MR) is 111 cm³/mol. The molecule has 0 aromatic heterocycles. The van der Waals surface area contributed by atoms with E-state index in [2.05, 4.69) is 43.4 Å². The van der Waals surface area contributed by atoms with Crippen LogP contribution in [0, 0.1) is 0 Å². The Morgan fingerprint density at radius 2 is 1.31 bits per heavy atom. The Bertz CT molecular complexity index is 414. The zero-order valence-corrected chi connectivity index (χ0v) is 17.5. The molecule has 0 saturated heterocycles. The lowest BCUT2D eigenvalue weighted by Crippen LogP contribution is -2.24. The lowest BCUT2D eigenvalue weighted by Gasteiger charge is -2.18. The van der Waals surface area contributed by atoms with Crippen molar-refractivity contribution >= 4 is 6.16 Å². The molecule has 0 unspecified atom stereocenters. The molecule has 26 heavy (non-hydrogen) atoms. The molecule has 0 amide bonds. The van der Waals surface area contributed by atoms with Crippen molar-refractivity contribution in [3.63, 3.8) is 0 Å². The molecule has 0 N–H and O–H groups in total. The SMILES string of the molecule is CC/C=C/C/C=C/C/C=C/CCCCCCCCOC(=O)OC(C)(C)C. The number of rotatable bonds is 14. The molecule has 3 heteroatoms. The maximum atomic E-state index is 11.4. The molecular formula is C23H40O3. The van der Waals surface area contributed by atoms with Crippen molar-refractivity contribution in [2.45, 2.75) is 97.5 Å². The molecular weight excluding hydrogens is 324 g/mol. The van der Waals surface area contributed by atoms with Crippen LogP contribution in [-0.2, 0) is 9.47 Å². The van der Waals surface area contributed by atoms with Crippen LogP contribution < -0.4 is 0 Å². The van der Waals surface area contributed by atoms with Gasteiger partial charge in [-0.15, -0.1) is 0 Å². The fourth-order valence-corrected chi connectivity index (χ4v) is 2.33. The molecule has 0 saturated carbocycles. The highest BCUT2D eigenvalue weighted by molar-refractivity contribution is 5.60. The second kappa shape index (κ2) is 16.9. The average Bonchev–Trinajstić information content (AvgIpc) is 2.56. The van der Waals surface area contributed by atoms with Crippen molar-refractivity contribution in [1.29, 1.82) is 0 Å². The van der Waals surface area contributed by atoms with E-state index in [0.717, 1.165) is 32.1 Å². The first kappa shape index (κ1) is 24.5. The molecule has 0 aliphatic heterocycles. The Hall–Kier alpha value is -1.51. The van der Waals surface area contributed by atoms with Gasteiger partial charge in [0.2, 0.25) is 0 Å². The van der Waals surface area contributed by atoms with Crippen LogP contribution in [0.15, 0.2) is 36.5 Å². The molecule has 0 aliphatic rings. The summed E-state index contributed by atoms with van der Waals surface area (Å²) in [6.07, 6.45) is 24.3. The summed E-state index contributed by atoms with van der Waals surface area (Å²) < 4.78 is 10.1. The summed E-state index contributed by atoms with van der Waals surface area (Å²) in [5, 5.41) is 0. The summed E-state index contributed by atoms with van der Waals surface area (Å²) in [7, 11) is 0. The quantitative estimate of drug-likeness (QED) is 0.181. The van der Waals surface area contributed by atoms with Crippen LogP contribution in [0.25, 0.3) is 0 Å². The van der Waals surface area contributed by atoms with E-state index in [1.54, 1.807) is 0 Å². The van der Waals surface area contributed by atoms with Crippen LogP contribution in [0.4, 0.5) is 4.79 Å². The van der Waals surface area contributed by atoms with Crippen molar-refractivity contribution in [3.8, 4) is 0 Å². The fraction of sp³-hybridized carbons (Fsp3) is 0.696. The highest BCUT2D eigenvalue weighted by Crippen LogP contribution is 2.10. The number of hydrogen-bond acceptors (Lipinski definition) is 3. The number of unbranched alkanes of at least 4 members (excludes halogenated alkanes) is 6. The van der Waals surface area contributed by atoms with Gasteiger partial charge in [0.15, 0.2) is 0 Å². The van der Waals surface area contributed by atoms with Crippen molar-refractivity contribution in [2.75, 3.05) is 6.61 Å². The molecule has 3 nitrogen and oxygen atoms in total. The second-order valence-electron chi connectivity index (χ2n) is 7.52. The smallest absolute Gasteiger partial charge is 0.434 e. The topological polar surface area (TPSA) is 35.5 Å². The first-order valence-corrected chi connectivity index (χ1v) is 10.3. The largest absolute Gasteiger partial charge is 0.508 e. The Balaban J connectivity index is 3.32. The van der Waals surface area contributed by atoms with Gasteiger partial charge >= 0.3 is 6.16 Å². The zero-order valence-electron chi connectivity index (χ0n) is 17.5. The van der Waals surface area contributed by atoms with Crippen molar-refractivity contribution in [1.82, 2.24) is 0 Å². The van der Waals surface area contributed by atoms with E-state index in [1.807, 2.05) is 20.8 Å². The van der Waals surface area contributed by atoms with E-state index in [4.69, 9.17) is 9.47 Å². The summed E-state index contributed by atoms with van der Waals surface area (Å²) in [5.74, 6) is 0. The summed E-state index contributed by atoms with van der Waals surface area (Å²) in [4.78, 5) is 11.4. The highest BCUT2D eigenvalue weighted by Gasteiger charge is 2.16. The number of allylic oxidation sites excluding steroid dienone is 6. The molecule has 0 aromatic carbocycles. The van der Waals surface area contributed by atoms with Gasteiger partial charge in [0.25, 0.3) is 0 Å². The molecule has 0 aliphatic carbocycles. The van der Waals surface area contributed by atoms with Crippen LogP contribution in [0.3, 0.4) is 0 Å². The minimum atomic E-state index is -0.559. The van der Waals surface area contributed by atoms with Crippen LogP contribution in [0.2, 0.25) is 0 Å². The maximum absolute atomic E-state index is 11.4. The fourth-order valence-electron chi connectivity index (χ4n) is 2.33. The third kappa shape index (κ3) is 20.5. The first-order chi connectivity index (χ1) is 12.5. The minimum Gasteiger partial charge on any atom is -0.434 e. The molecule has 0 rings (SSSR count). The molecule has 0 bridgehead atoms. The summed E-state index contributed by atoms with van der Waals surface area (Å²) in [6, 6.07) is 0. The van der Waals surface area contributed by atoms with Gasteiger partial charge in [-0.1, -0.05) is 69.1 Å². The molecule has 150 valence electrons. The molecule has 0 aromatic rings. The van der Waals surface area contributed by atoms with E-state index < -0.39 is 11.8 Å². The Kier molecular flexibility index (Phi) is 15.9. The van der Waals surface area contributed by atoms with Crippen molar-refractivity contribution in [2.24, 2.45) is 0 Å². The molecule has 0 atom stereocenters. The highest BCUT2D eigenvalue weighted by atomic mass is 16.7. The second-order valence-corrected chi connectivity index (χ2v) is 7.52. The van der Waals surface area contributed by atoms with Crippen LogP contribution in [-0.4, -0.2) is 18.4 Å². The first-order valence-electron chi connectivity index (χ1n) is 10.3. The molecule has 0 fully saturated rings. The minimum absolute atomic E-state index is 0.458. The van der Waals surface area contributed by atoms with Gasteiger partial charge in [0.05, 0.1) is 6.61 Å². The number of carbonyl (C=O) groups excluding carboxylic acids is 1. The van der Waals surface area contributed by atoms with E-state index in [1.165, 1.54) is 32.1 Å². The van der Waals surface area contributed by atoms with Crippen LogP contribution >= 0.6 is 0 Å². The summed E-state index contributed by atoms with van der Waals surface area (Å²) in [5.41, 5.74) is -0.478. The van der Waals surface area contributed by atoms with Crippen LogP contribution in [0.5, 0.6) is 0 Å². The number of carbonyl (C=O) groups is 1. The molecule has 0 radical (unpaired) electrons. The zero-order chi connectivity index (χ0) is 19.5. The Labute approximate surface area is 161 Å². The number of hydrogen-bond donors (Lipinski definition) is 0. The van der Waals surface area contributed by atoms with Gasteiger partial charge in [0.1, 0.15) is 5.60 Å². The van der Waals surface area contributed by atoms with Gasteiger partial charge in [-0.25, -0.2) is 4.79 Å². The summed E-state index contributed by atoms with van der Waals surface area (Å²) >= 11 is 0. The standard InChI is InChI=1S/C23H40O3/c1-5-6-7-8-9-10-11-12-13-14-15-16-17-18-19-20-21-25-22(24)26-23(2,3)4/h6-7,9-10,12-13H,5,8,11,14-21H2,1-4H3/b7-6+,10-9+,13-12+. The van der Waals surface area contributed by atoms with E-state index in [0.29, 0.717) is 6.61 Å². The Morgan fingerprint density at radius 1 is 0.769 bits per heavy atom. The lowest BCUT2D eigenvalue weighted by atomic mass is 10.1. The predicted octanol–water partition coefficient (Wildman–Crippen LogP) is 7.53. The number of ether oxygens (including phenoxy) is 2. The van der Waals surface area contributed by atoms with Gasteiger partial charge in [-0.05, 0) is 59.3 Å². The van der Waals surface area contributed by atoms with Crippen LogP contribution in [0.1, 0.15) is 91.9 Å². The lowest BCUT2D eigenvalue weighted by molar-refractivity contribution is -0.00770. The molecule has 0 heterocycles. The van der Waals surface area contributed by atoms with Crippen molar-refractivity contribution < 1.29 is 14.3 Å². The summed E-state index contributed by atoms with van der Waals surface area (Å²) in [6.45, 7) is 8.13. The van der Waals surface area contributed by atoms with Gasteiger partial charge in [0, 0.05) is 0 Å². The Morgan fingerprint density at radius 3 is 1.92 bits per heavy atom. The molecule has 0 spiro atoms. The van der Waals surface area contributed by atoms with Crippen molar-refractivity contribution in [3.05, 3.63) is 36.5 Å². The van der Waals surface area contributed by atoms with E-state index >= 15 is 0 Å². The normalized spacial score (nSPS) is 12.5. The van der Waals surface area contributed by atoms with E-state index in [-0.39, 0.29) is 0 Å². The van der Waals surface area contributed by atoms with Gasteiger partial charge in [-0.2, -0.15) is 0 Å². The van der Waals surface area contributed by atoms with Gasteiger partial charge in [-0.3, -0.25) is 0 Å². The third-order valence-corrected chi connectivity index (χ3v) is 3.65. The maximum Gasteiger partial charge on any atom is 0.508 e. The van der Waals surface area contributed by atoms with Gasteiger partial charge < -0.3 is 9.47 Å².